The lowest BCUT2D eigenvalue weighted by Gasteiger charge is -2.14. The van der Waals surface area contributed by atoms with E-state index in [1.165, 1.54) is 0 Å². The number of para-hydroxylation sites is 1. The number of amides is 1. The number of aryl methyl sites for hydroxylation is 2. The first-order valence-corrected chi connectivity index (χ1v) is 8.35. The van der Waals surface area contributed by atoms with E-state index in [-0.39, 0.29) is 5.91 Å². The first-order chi connectivity index (χ1) is 12.1. The molecule has 0 heterocycles. The zero-order chi connectivity index (χ0) is 17.6. The predicted molar refractivity (Wildman–Crippen MR) is 105 cm³/mol. The molecule has 124 valence electrons. The quantitative estimate of drug-likeness (QED) is 0.499. The molecule has 0 saturated heterocycles. The summed E-state index contributed by atoms with van der Waals surface area (Å²) in [5, 5.41) is 3.09. The Bertz CT molecular complexity index is 876. The lowest BCUT2D eigenvalue weighted by atomic mass is 10.0. The smallest absolute Gasteiger partial charge is 0.256 e. The summed E-state index contributed by atoms with van der Waals surface area (Å²) in [7, 11) is 0. The molecular weight excluding hydrogens is 306 g/mol. The molecule has 1 amide bonds. The second-order valence-electron chi connectivity index (χ2n) is 6.06. The van der Waals surface area contributed by atoms with Crippen molar-refractivity contribution in [3.8, 4) is 0 Å². The van der Waals surface area contributed by atoms with Crippen molar-refractivity contribution in [2.24, 2.45) is 0 Å². The fraction of sp³-hybridized carbons (Fsp3) is 0.0870. The Kier molecular flexibility index (Phi) is 5.10. The van der Waals surface area contributed by atoms with Crippen LogP contribution in [0.1, 0.15) is 22.3 Å². The minimum Gasteiger partial charge on any atom is -0.321 e. The molecule has 0 bridgehead atoms. The van der Waals surface area contributed by atoms with Crippen molar-refractivity contribution in [1.82, 2.24) is 0 Å². The van der Waals surface area contributed by atoms with Gasteiger partial charge in [-0.1, -0.05) is 78.9 Å². The number of rotatable bonds is 4. The van der Waals surface area contributed by atoms with Gasteiger partial charge in [0.25, 0.3) is 5.91 Å². The Labute approximate surface area is 148 Å². The summed E-state index contributed by atoms with van der Waals surface area (Å²) < 4.78 is 0. The molecule has 0 aromatic heterocycles. The minimum atomic E-state index is -0.104. The van der Waals surface area contributed by atoms with Crippen LogP contribution in [0.3, 0.4) is 0 Å². The van der Waals surface area contributed by atoms with Gasteiger partial charge in [0.2, 0.25) is 0 Å². The van der Waals surface area contributed by atoms with Crippen LogP contribution < -0.4 is 5.32 Å². The third kappa shape index (κ3) is 4.04. The van der Waals surface area contributed by atoms with E-state index in [1.807, 2.05) is 98.8 Å². The van der Waals surface area contributed by atoms with Gasteiger partial charge in [-0.2, -0.15) is 0 Å². The topological polar surface area (TPSA) is 29.1 Å². The fourth-order valence-electron chi connectivity index (χ4n) is 2.81. The summed E-state index contributed by atoms with van der Waals surface area (Å²) in [6.45, 7) is 4.01. The van der Waals surface area contributed by atoms with E-state index in [9.17, 15) is 4.79 Å². The minimum absolute atomic E-state index is 0.104. The van der Waals surface area contributed by atoms with Crippen LogP contribution in [0.5, 0.6) is 0 Å². The summed E-state index contributed by atoms with van der Waals surface area (Å²) in [5.41, 5.74) is 5.53. The largest absolute Gasteiger partial charge is 0.321 e. The van der Waals surface area contributed by atoms with Crippen LogP contribution in [-0.2, 0) is 4.79 Å². The van der Waals surface area contributed by atoms with E-state index < -0.39 is 0 Å². The van der Waals surface area contributed by atoms with Gasteiger partial charge in [-0.25, -0.2) is 0 Å². The third-order valence-corrected chi connectivity index (χ3v) is 4.16. The summed E-state index contributed by atoms with van der Waals surface area (Å²) in [5.74, 6) is -0.104. The van der Waals surface area contributed by atoms with Crippen LogP contribution in [0.25, 0.3) is 11.6 Å². The molecule has 3 aromatic carbocycles. The van der Waals surface area contributed by atoms with Crippen LogP contribution in [-0.4, -0.2) is 5.91 Å². The average Bonchev–Trinajstić information content (AvgIpc) is 2.64. The standard InChI is InChI=1S/C23H21NO/c1-17-10-9-11-18(2)22(17)24-23(25)21(20-14-7-4-8-15-20)16-19-12-5-3-6-13-19/h3-16H,1-2H3,(H,24,25). The fourth-order valence-corrected chi connectivity index (χ4v) is 2.81. The summed E-state index contributed by atoms with van der Waals surface area (Å²) in [4.78, 5) is 13.0. The SMILES string of the molecule is Cc1cccc(C)c1NC(=O)C(=Cc1ccccc1)c1ccccc1. The number of nitrogens with one attached hydrogen (secondary N) is 1. The Hall–Kier alpha value is -3.13. The number of benzene rings is 3. The lowest BCUT2D eigenvalue weighted by Crippen LogP contribution is -2.15. The van der Waals surface area contributed by atoms with Crippen molar-refractivity contribution in [1.29, 1.82) is 0 Å². The molecule has 3 aromatic rings. The molecule has 2 heteroatoms. The highest BCUT2D eigenvalue weighted by Gasteiger charge is 2.14. The number of carbonyl (C=O) groups excluding carboxylic acids is 1. The zero-order valence-corrected chi connectivity index (χ0v) is 14.5. The van der Waals surface area contributed by atoms with Gasteiger partial charge < -0.3 is 5.32 Å². The third-order valence-electron chi connectivity index (χ3n) is 4.16. The molecule has 0 aliphatic rings. The maximum Gasteiger partial charge on any atom is 0.256 e. The summed E-state index contributed by atoms with van der Waals surface area (Å²) in [6.07, 6.45) is 1.93. The van der Waals surface area contributed by atoms with Crippen molar-refractivity contribution in [3.63, 3.8) is 0 Å². The molecule has 2 nitrogen and oxygen atoms in total. The predicted octanol–water partition coefficient (Wildman–Crippen LogP) is 5.48. The van der Waals surface area contributed by atoms with Crippen LogP contribution in [0.2, 0.25) is 0 Å². The van der Waals surface area contributed by atoms with E-state index in [0.29, 0.717) is 5.57 Å². The van der Waals surface area contributed by atoms with Crippen molar-refractivity contribution < 1.29 is 4.79 Å². The van der Waals surface area contributed by atoms with E-state index in [0.717, 1.165) is 27.9 Å². The van der Waals surface area contributed by atoms with Crippen molar-refractivity contribution in [2.45, 2.75) is 13.8 Å². The Morgan fingerprint density at radius 2 is 1.32 bits per heavy atom. The van der Waals surface area contributed by atoms with Crippen LogP contribution >= 0.6 is 0 Å². The molecule has 0 unspecified atom stereocenters. The molecule has 3 rings (SSSR count). The van der Waals surface area contributed by atoms with Gasteiger partial charge in [0, 0.05) is 11.3 Å². The van der Waals surface area contributed by atoms with E-state index in [1.54, 1.807) is 0 Å². The Morgan fingerprint density at radius 3 is 1.92 bits per heavy atom. The maximum atomic E-state index is 13.0. The van der Waals surface area contributed by atoms with Gasteiger partial charge >= 0.3 is 0 Å². The lowest BCUT2D eigenvalue weighted by molar-refractivity contribution is -0.111. The maximum absolute atomic E-state index is 13.0. The van der Waals surface area contributed by atoms with E-state index in [4.69, 9.17) is 0 Å². The second-order valence-corrected chi connectivity index (χ2v) is 6.06. The number of carbonyl (C=O) groups is 1. The highest BCUT2D eigenvalue weighted by atomic mass is 16.1. The molecular formula is C23H21NO. The van der Waals surface area contributed by atoms with Crippen LogP contribution in [0.15, 0.2) is 78.9 Å². The van der Waals surface area contributed by atoms with Crippen molar-refractivity contribution in [2.75, 3.05) is 5.32 Å². The highest BCUT2D eigenvalue weighted by molar-refractivity contribution is 6.29. The molecule has 1 N–H and O–H groups in total. The molecule has 0 atom stereocenters. The normalized spacial score (nSPS) is 11.2. The number of anilines is 1. The van der Waals surface area contributed by atoms with Crippen LogP contribution in [0.4, 0.5) is 5.69 Å². The van der Waals surface area contributed by atoms with Gasteiger partial charge in [0.1, 0.15) is 0 Å². The van der Waals surface area contributed by atoms with Gasteiger partial charge in [-0.3, -0.25) is 4.79 Å². The van der Waals surface area contributed by atoms with Crippen LogP contribution in [0, 0.1) is 13.8 Å². The molecule has 25 heavy (non-hydrogen) atoms. The summed E-state index contributed by atoms with van der Waals surface area (Å²) >= 11 is 0. The first kappa shape index (κ1) is 16.7. The average molecular weight is 327 g/mol. The molecule has 0 saturated carbocycles. The van der Waals surface area contributed by atoms with E-state index >= 15 is 0 Å². The number of hydrogen-bond acceptors (Lipinski definition) is 1. The van der Waals surface area contributed by atoms with Gasteiger partial charge in [0.05, 0.1) is 0 Å². The molecule has 0 fully saturated rings. The van der Waals surface area contributed by atoms with Gasteiger partial charge in [0.15, 0.2) is 0 Å². The van der Waals surface area contributed by atoms with Crippen molar-refractivity contribution >= 4 is 23.2 Å². The van der Waals surface area contributed by atoms with Gasteiger partial charge in [-0.15, -0.1) is 0 Å². The molecule has 0 aliphatic heterocycles. The van der Waals surface area contributed by atoms with E-state index in [2.05, 4.69) is 5.32 Å². The first-order valence-electron chi connectivity index (χ1n) is 8.35. The highest BCUT2D eigenvalue weighted by Crippen LogP contribution is 2.24. The monoisotopic (exact) mass is 327 g/mol. The second kappa shape index (κ2) is 7.63. The summed E-state index contributed by atoms with van der Waals surface area (Å²) in [6, 6.07) is 25.7. The Morgan fingerprint density at radius 1 is 0.760 bits per heavy atom. The number of hydrogen-bond donors (Lipinski definition) is 1. The zero-order valence-electron chi connectivity index (χ0n) is 14.5. The molecule has 0 spiro atoms. The molecule has 0 radical (unpaired) electrons. The van der Waals surface area contributed by atoms with Gasteiger partial charge in [-0.05, 0) is 42.2 Å². The molecule has 0 aliphatic carbocycles. The Balaban J connectivity index is 2.00. The van der Waals surface area contributed by atoms with Crippen molar-refractivity contribution in [3.05, 3.63) is 101 Å².